The van der Waals surface area contributed by atoms with E-state index < -0.39 is 0 Å². The Labute approximate surface area is 378 Å². The molecule has 14 rings (SSSR count). The minimum atomic E-state index is 0.583. The molecule has 66 heavy (non-hydrogen) atoms. The molecule has 0 aliphatic carbocycles. The molecule has 5 nitrogen and oxygen atoms in total. The lowest BCUT2D eigenvalue weighted by atomic mass is 9.93. The highest BCUT2D eigenvalue weighted by Gasteiger charge is 2.22. The van der Waals surface area contributed by atoms with Crippen LogP contribution in [0.1, 0.15) is 0 Å². The molecule has 0 radical (unpaired) electrons. The van der Waals surface area contributed by atoms with Crippen LogP contribution in [-0.4, -0.2) is 19.5 Å². The predicted octanol–water partition coefficient (Wildman–Crippen LogP) is 16.1. The van der Waals surface area contributed by atoms with Crippen LogP contribution in [0.15, 0.2) is 223 Å². The van der Waals surface area contributed by atoms with Gasteiger partial charge >= 0.3 is 0 Å². The van der Waals surface area contributed by atoms with Crippen LogP contribution in [0.3, 0.4) is 0 Å². The Kier molecular flexibility index (Phi) is 7.91. The van der Waals surface area contributed by atoms with Crippen molar-refractivity contribution in [3.8, 4) is 51.0 Å². The monoisotopic (exact) mass is 840 g/mol. The van der Waals surface area contributed by atoms with Crippen molar-refractivity contribution in [2.24, 2.45) is 0 Å². The SMILES string of the molecule is c1ccc(-c2nc(-c3ccc(-n4c5ccccc5c5cc6ccccc6cc54)c(-c4cccc5c4oc4ccccc45)c3)nc(-c3ccc4c5ccccc5c5ccccc5c4c3)n2)cc1. The van der Waals surface area contributed by atoms with Crippen molar-refractivity contribution in [3.05, 3.63) is 218 Å². The molecule has 0 aliphatic rings. The number of benzene rings is 11. The van der Waals surface area contributed by atoms with Crippen LogP contribution in [0, 0.1) is 0 Å². The zero-order valence-electron chi connectivity index (χ0n) is 35.5. The molecule has 0 saturated carbocycles. The maximum atomic E-state index is 6.78. The molecule has 306 valence electrons. The summed E-state index contributed by atoms with van der Waals surface area (Å²) in [6, 6.07) is 77.5. The largest absolute Gasteiger partial charge is 0.455 e. The maximum Gasteiger partial charge on any atom is 0.164 e. The third-order valence-corrected chi connectivity index (χ3v) is 13.4. The second-order valence-electron chi connectivity index (χ2n) is 17.1. The fourth-order valence-electron chi connectivity index (χ4n) is 10.4. The van der Waals surface area contributed by atoms with E-state index in [2.05, 4.69) is 193 Å². The summed E-state index contributed by atoms with van der Waals surface area (Å²) in [5.41, 5.74) is 9.66. The molecule has 11 aromatic carbocycles. The van der Waals surface area contributed by atoms with Gasteiger partial charge in [-0.1, -0.05) is 170 Å². The minimum Gasteiger partial charge on any atom is -0.455 e. The van der Waals surface area contributed by atoms with E-state index in [1.807, 2.05) is 30.3 Å². The quantitative estimate of drug-likeness (QED) is 0.162. The lowest BCUT2D eigenvalue weighted by Crippen LogP contribution is -2.02. The molecule has 3 heterocycles. The van der Waals surface area contributed by atoms with Gasteiger partial charge in [0.2, 0.25) is 0 Å². The zero-order chi connectivity index (χ0) is 43.3. The van der Waals surface area contributed by atoms with E-state index in [1.54, 1.807) is 0 Å². The van der Waals surface area contributed by atoms with Gasteiger partial charge in [0.25, 0.3) is 0 Å². The van der Waals surface area contributed by atoms with Crippen LogP contribution < -0.4 is 0 Å². The predicted molar refractivity (Wildman–Crippen MR) is 273 cm³/mol. The van der Waals surface area contributed by atoms with E-state index in [9.17, 15) is 0 Å². The third-order valence-electron chi connectivity index (χ3n) is 13.4. The van der Waals surface area contributed by atoms with Crippen LogP contribution in [0.25, 0.3) is 138 Å². The fourth-order valence-corrected chi connectivity index (χ4v) is 10.4. The number of hydrogen-bond donors (Lipinski definition) is 0. The Morgan fingerprint density at radius 3 is 1.59 bits per heavy atom. The molecule has 14 aromatic rings. The van der Waals surface area contributed by atoms with Crippen molar-refractivity contribution in [2.45, 2.75) is 0 Å². The first-order valence-corrected chi connectivity index (χ1v) is 22.3. The number of nitrogens with zero attached hydrogens (tertiary/aromatic N) is 4. The smallest absolute Gasteiger partial charge is 0.164 e. The Bertz CT molecular complexity index is 4260. The molecule has 0 amide bonds. The summed E-state index contributed by atoms with van der Waals surface area (Å²) in [7, 11) is 0. The summed E-state index contributed by atoms with van der Waals surface area (Å²) in [5, 5.41) is 14.2. The zero-order valence-corrected chi connectivity index (χ0v) is 35.5. The molecule has 0 unspecified atom stereocenters. The highest BCUT2D eigenvalue weighted by molar-refractivity contribution is 6.26. The van der Waals surface area contributed by atoms with Gasteiger partial charge in [0, 0.05) is 49.4 Å². The molecule has 3 aromatic heterocycles. The third kappa shape index (κ3) is 5.57. The Hall–Kier alpha value is -8.93. The van der Waals surface area contributed by atoms with Gasteiger partial charge in [0.05, 0.1) is 16.7 Å². The van der Waals surface area contributed by atoms with Crippen LogP contribution in [-0.2, 0) is 0 Å². The normalized spacial score (nSPS) is 11.9. The van der Waals surface area contributed by atoms with Gasteiger partial charge < -0.3 is 8.98 Å². The minimum absolute atomic E-state index is 0.583. The molecule has 0 atom stereocenters. The topological polar surface area (TPSA) is 56.7 Å². The summed E-state index contributed by atoms with van der Waals surface area (Å²) in [6.45, 7) is 0. The second-order valence-corrected chi connectivity index (χ2v) is 17.1. The number of rotatable bonds is 5. The molecule has 0 bridgehead atoms. The summed E-state index contributed by atoms with van der Waals surface area (Å²) >= 11 is 0. The maximum absolute atomic E-state index is 6.78. The number of aromatic nitrogens is 4. The average molecular weight is 841 g/mol. The highest BCUT2D eigenvalue weighted by atomic mass is 16.3. The number of hydrogen-bond acceptors (Lipinski definition) is 4. The van der Waals surface area contributed by atoms with Crippen molar-refractivity contribution >= 4 is 86.8 Å². The average Bonchev–Trinajstić information content (AvgIpc) is 3.93. The number of fused-ring (bicyclic) bond motifs is 13. The van der Waals surface area contributed by atoms with Gasteiger partial charge in [0.1, 0.15) is 11.2 Å². The summed E-state index contributed by atoms with van der Waals surface area (Å²) < 4.78 is 9.20. The molecule has 0 aliphatic heterocycles. The molecule has 0 N–H and O–H groups in total. The van der Waals surface area contributed by atoms with Crippen molar-refractivity contribution < 1.29 is 4.42 Å². The van der Waals surface area contributed by atoms with E-state index in [-0.39, 0.29) is 0 Å². The van der Waals surface area contributed by atoms with Gasteiger partial charge in [-0.05, 0) is 91.6 Å². The standard InChI is InChI=1S/C61H36N4O/c1-2-15-37(16-3-1)59-62-60(40-29-31-46-44-21-7-6-19-42(44)43-20-8-9-22-45(43)51(46)34-40)64-61(63-59)41-30-32-55(53(35-41)50-26-14-25-49-48-24-11-13-28-57(48)66-58(49)50)65-54-27-12-10-23-47(54)52-33-38-17-4-5-18-39(38)36-56(52)65/h1-36H. The molecule has 0 fully saturated rings. The second kappa shape index (κ2) is 14.3. The Balaban J connectivity index is 1.04. The summed E-state index contributed by atoms with van der Waals surface area (Å²) in [4.78, 5) is 15.8. The molecular formula is C61H36N4O. The van der Waals surface area contributed by atoms with Crippen molar-refractivity contribution in [1.29, 1.82) is 0 Å². The molecule has 5 heteroatoms. The van der Waals surface area contributed by atoms with Gasteiger partial charge in [0.15, 0.2) is 17.5 Å². The Morgan fingerprint density at radius 2 is 0.848 bits per heavy atom. The fraction of sp³-hybridized carbons (Fsp3) is 0. The lowest BCUT2D eigenvalue weighted by molar-refractivity contribution is 0.670. The highest BCUT2D eigenvalue weighted by Crippen LogP contribution is 2.44. The molecule has 0 saturated heterocycles. The molecular weight excluding hydrogens is 805 g/mol. The van der Waals surface area contributed by atoms with Crippen LogP contribution >= 0.6 is 0 Å². The van der Waals surface area contributed by atoms with E-state index in [0.29, 0.717) is 17.5 Å². The van der Waals surface area contributed by atoms with Crippen LogP contribution in [0.5, 0.6) is 0 Å². The first-order chi connectivity index (χ1) is 32.7. The van der Waals surface area contributed by atoms with Crippen LogP contribution in [0.4, 0.5) is 0 Å². The first-order valence-electron chi connectivity index (χ1n) is 22.3. The van der Waals surface area contributed by atoms with Crippen molar-refractivity contribution in [2.75, 3.05) is 0 Å². The van der Waals surface area contributed by atoms with Gasteiger partial charge in [-0.15, -0.1) is 0 Å². The number of para-hydroxylation sites is 3. The Morgan fingerprint density at radius 1 is 0.303 bits per heavy atom. The molecule has 0 spiro atoms. The summed E-state index contributed by atoms with van der Waals surface area (Å²) in [5.74, 6) is 1.80. The van der Waals surface area contributed by atoms with Gasteiger partial charge in [-0.25, -0.2) is 15.0 Å². The van der Waals surface area contributed by atoms with E-state index >= 15 is 0 Å². The first kappa shape index (κ1) is 36.5. The van der Waals surface area contributed by atoms with Crippen molar-refractivity contribution in [1.82, 2.24) is 19.5 Å². The van der Waals surface area contributed by atoms with E-state index in [0.717, 1.165) is 71.9 Å². The van der Waals surface area contributed by atoms with Gasteiger partial charge in [-0.2, -0.15) is 0 Å². The van der Waals surface area contributed by atoms with E-state index in [1.165, 1.54) is 48.5 Å². The number of furan rings is 1. The van der Waals surface area contributed by atoms with E-state index in [4.69, 9.17) is 19.4 Å². The lowest BCUT2D eigenvalue weighted by Gasteiger charge is -2.17. The summed E-state index contributed by atoms with van der Waals surface area (Å²) in [6.07, 6.45) is 0. The van der Waals surface area contributed by atoms with Crippen molar-refractivity contribution in [3.63, 3.8) is 0 Å². The van der Waals surface area contributed by atoms with Crippen LogP contribution in [0.2, 0.25) is 0 Å². The van der Waals surface area contributed by atoms with Gasteiger partial charge in [-0.3, -0.25) is 0 Å².